The van der Waals surface area contributed by atoms with E-state index in [1.807, 2.05) is 6.07 Å². The number of halogens is 2. The van der Waals surface area contributed by atoms with Crippen molar-refractivity contribution in [3.05, 3.63) is 28.2 Å². The zero-order valence-electron chi connectivity index (χ0n) is 25.9. The standard InChI is InChI=1S/C34H47Cl2N3O3S/c1-18-10-13-34(41-17-18)19(2)29-27(42-34)15-24-22-9-8-20-14-21(40)11-12-32(20,3)23(22)16-28(33(24,29)4)38-39-31(43)37-30-25(35)6-5-7-26(30)36/h5-7,18-24,27,29,40H,8-17H2,1-4H3,(H2,37,39,43)/b38-28+/t18-,19+,20+,21+,22-,23+,24+,27+,29+,32+,33-,34-/m1/s1. The lowest BCUT2D eigenvalue weighted by molar-refractivity contribution is -0.272. The first-order chi connectivity index (χ1) is 20.5. The number of aliphatic hydroxyl groups excluding tert-OH is 1. The molecule has 9 heteroatoms. The van der Waals surface area contributed by atoms with Crippen LogP contribution in [0.1, 0.15) is 85.5 Å². The van der Waals surface area contributed by atoms with Crippen LogP contribution in [0.3, 0.4) is 0 Å². The smallest absolute Gasteiger partial charge is 0.191 e. The second kappa shape index (κ2) is 11.1. The van der Waals surface area contributed by atoms with Crippen LogP contribution < -0.4 is 10.7 Å². The number of benzene rings is 1. The molecule has 3 N–H and O–H groups in total. The molecule has 6 fully saturated rings. The summed E-state index contributed by atoms with van der Waals surface area (Å²) in [6, 6.07) is 5.41. The van der Waals surface area contributed by atoms with Crippen LogP contribution in [0, 0.1) is 52.3 Å². The van der Waals surface area contributed by atoms with E-state index in [1.54, 1.807) is 12.1 Å². The first-order valence-corrected chi connectivity index (χ1v) is 17.7. The number of aliphatic hydroxyl groups is 1. The van der Waals surface area contributed by atoms with Gasteiger partial charge >= 0.3 is 0 Å². The molecule has 236 valence electrons. The Hall–Kier alpha value is -0.960. The predicted molar refractivity (Wildman–Crippen MR) is 176 cm³/mol. The molecule has 6 nitrogen and oxygen atoms in total. The summed E-state index contributed by atoms with van der Waals surface area (Å²) in [5.41, 5.74) is 5.12. The van der Waals surface area contributed by atoms with Crippen LogP contribution in [0.2, 0.25) is 10.0 Å². The molecule has 1 aromatic carbocycles. The van der Waals surface area contributed by atoms with Crippen molar-refractivity contribution in [2.24, 2.45) is 57.4 Å². The summed E-state index contributed by atoms with van der Waals surface area (Å²) in [5.74, 6) is 2.95. The van der Waals surface area contributed by atoms with Gasteiger partial charge in [-0.25, -0.2) is 0 Å². The normalized spacial score (nSPS) is 47.9. The molecule has 43 heavy (non-hydrogen) atoms. The molecule has 0 bridgehead atoms. The Kier molecular flexibility index (Phi) is 7.91. The Labute approximate surface area is 272 Å². The van der Waals surface area contributed by atoms with Crippen LogP contribution in [0.25, 0.3) is 0 Å². The van der Waals surface area contributed by atoms with Crippen molar-refractivity contribution in [1.82, 2.24) is 5.43 Å². The largest absolute Gasteiger partial charge is 0.393 e. The zero-order chi connectivity index (χ0) is 30.3. The summed E-state index contributed by atoms with van der Waals surface area (Å²) in [6.45, 7) is 10.4. The van der Waals surface area contributed by atoms with Gasteiger partial charge in [0.05, 0.1) is 34.5 Å². The molecule has 2 aliphatic heterocycles. The highest BCUT2D eigenvalue weighted by Gasteiger charge is 2.71. The van der Waals surface area contributed by atoms with Crippen LogP contribution in [0.5, 0.6) is 0 Å². The monoisotopic (exact) mass is 647 g/mol. The maximum absolute atomic E-state index is 10.6. The van der Waals surface area contributed by atoms with Gasteiger partial charge in [0.2, 0.25) is 0 Å². The van der Waals surface area contributed by atoms with Gasteiger partial charge in [-0.05, 0) is 111 Å². The van der Waals surface area contributed by atoms with Crippen molar-refractivity contribution in [3.8, 4) is 0 Å². The fourth-order valence-electron chi connectivity index (χ4n) is 11.0. The van der Waals surface area contributed by atoms with Gasteiger partial charge in [0.25, 0.3) is 0 Å². The van der Waals surface area contributed by atoms with Crippen LogP contribution in [0.15, 0.2) is 23.3 Å². The number of ether oxygens (including phenoxy) is 2. The summed E-state index contributed by atoms with van der Waals surface area (Å²) in [4.78, 5) is 0. The van der Waals surface area contributed by atoms with Crippen molar-refractivity contribution in [3.63, 3.8) is 0 Å². The number of fused-ring (bicyclic) bond motifs is 7. The number of para-hydroxylation sites is 1. The highest BCUT2D eigenvalue weighted by atomic mass is 35.5. The van der Waals surface area contributed by atoms with Gasteiger partial charge in [-0.2, -0.15) is 5.10 Å². The number of hydrogen-bond donors (Lipinski definition) is 3. The van der Waals surface area contributed by atoms with Crippen LogP contribution in [-0.2, 0) is 9.47 Å². The first-order valence-electron chi connectivity index (χ1n) is 16.5. The second-order valence-corrected chi connectivity index (χ2v) is 16.5. The third kappa shape index (κ3) is 4.81. The molecule has 2 heterocycles. The lowest BCUT2D eigenvalue weighted by Crippen LogP contribution is -2.58. The molecule has 6 aliphatic rings. The Morgan fingerprint density at radius 3 is 2.53 bits per heavy atom. The number of nitrogens with zero attached hydrogens (tertiary/aromatic N) is 1. The molecule has 0 aromatic heterocycles. The van der Waals surface area contributed by atoms with Gasteiger partial charge < -0.3 is 19.9 Å². The van der Waals surface area contributed by atoms with E-state index in [2.05, 4.69) is 38.4 Å². The van der Waals surface area contributed by atoms with E-state index in [1.165, 1.54) is 18.6 Å². The number of hydrogen-bond acceptors (Lipinski definition) is 5. The molecule has 0 amide bonds. The fraction of sp³-hybridized carbons (Fsp3) is 0.765. The summed E-state index contributed by atoms with van der Waals surface area (Å²) < 4.78 is 13.6. The molecule has 1 aromatic rings. The van der Waals surface area contributed by atoms with Gasteiger partial charge in [0.15, 0.2) is 10.9 Å². The van der Waals surface area contributed by atoms with Crippen LogP contribution in [-0.4, -0.2) is 40.5 Å². The molecule has 4 aliphatic carbocycles. The summed E-state index contributed by atoms with van der Waals surface area (Å²) in [5, 5.41) is 20.4. The van der Waals surface area contributed by atoms with E-state index in [0.717, 1.165) is 51.6 Å². The van der Waals surface area contributed by atoms with Crippen LogP contribution in [0.4, 0.5) is 5.69 Å². The Morgan fingerprint density at radius 2 is 1.81 bits per heavy atom. The molecule has 1 spiro atoms. The Bertz CT molecular complexity index is 1280. The van der Waals surface area contributed by atoms with E-state index in [-0.39, 0.29) is 29.0 Å². The van der Waals surface area contributed by atoms with E-state index in [9.17, 15) is 5.11 Å². The van der Waals surface area contributed by atoms with Crippen molar-refractivity contribution in [2.75, 3.05) is 11.9 Å². The fourth-order valence-corrected chi connectivity index (χ4v) is 11.6. The molecule has 7 rings (SSSR count). The average Bonchev–Trinajstić information content (AvgIpc) is 3.42. The zero-order valence-corrected chi connectivity index (χ0v) is 28.2. The number of thiocarbonyl (C=S) groups is 1. The quantitative estimate of drug-likeness (QED) is 0.223. The maximum atomic E-state index is 10.6. The average molecular weight is 649 g/mol. The predicted octanol–water partition coefficient (Wildman–Crippen LogP) is 8.05. The molecule has 2 saturated heterocycles. The van der Waals surface area contributed by atoms with E-state index in [0.29, 0.717) is 56.4 Å². The number of rotatable bonds is 2. The number of anilines is 1. The number of hydrazone groups is 1. The van der Waals surface area contributed by atoms with E-state index < -0.39 is 5.79 Å². The van der Waals surface area contributed by atoms with Crippen LogP contribution >= 0.6 is 35.4 Å². The molecular weight excluding hydrogens is 601 g/mol. The minimum Gasteiger partial charge on any atom is -0.393 e. The van der Waals surface area contributed by atoms with E-state index in [4.69, 9.17) is 50.0 Å². The minimum absolute atomic E-state index is 0.122. The Morgan fingerprint density at radius 1 is 1.05 bits per heavy atom. The van der Waals surface area contributed by atoms with Gasteiger partial charge in [-0.3, -0.25) is 5.43 Å². The lowest BCUT2D eigenvalue weighted by atomic mass is 9.44. The molecule has 0 unspecified atom stereocenters. The summed E-state index contributed by atoms with van der Waals surface area (Å²) >= 11 is 18.6. The lowest BCUT2D eigenvalue weighted by Gasteiger charge is -2.61. The SMILES string of the molecule is C[C@@H]1CC[C@@]2(OC1)O[C@H]1C[C@H]3[C@@H]4CC[C@H]5C[C@@H](O)CC[C@]5(C)[C@H]4C/C(=N\NC(=S)Nc4c(Cl)cccc4Cl)[C@]3(C)[C@H]1[C@@H]2C. The third-order valence-corrected chi connectivity index (χ3v) is 14.1. The first kappa shape index (κ1) is 30.7. The Balaban J connectivity index is 1.23. The summed E-state index contributed by atoms with van der Waals surface area (Å²) in [7, 11) is 0. The van der Waals surface area contributed by atoms with Crippen molar-refractivity contribution in [2.45, 2.75) is 103 Å². The third-order valence-electron chi connectivity index (χ3n) is 13.3. The summed E-state index contributed by atoms with van der Waals surface area (Å²) in [6.07, 6.45) is 9.51. The van der Waals surface area contributed by atoms with Gasteiger partial charge in [0.1, 0.15) is 0 Å². The highest BCUT2D eigenvalue weighted by Crippen LogP contribution is 2.70. The van der Waals surface area contributed by atoms with Gasteiger partial charge in [-0.15, -0.1) is 0 Å². The van der Waals surface area contributed by atoms with Crippen molar-refractivity contribution in [1.29, 1.82) is 0 Å². The van der Waals surface area contributed by atoms with Gasteiger partial charge in [-0.1, -0.05) is 57.0 Å². The van der Waals surface area contributed by atoms with Crippen molar-refractivity contribution >= 4 is 51.9 Å². The maximum Gasteiger partial charge on any atom is 0.191 e. The minimum atomic E-state index is -0.480. The molecule has 4 saturated carbocycles. The van der Waals surface area contributed by atoms with Crippen molar-refractivity contribution < 1.29 is 14.6 Å². The van der Waals surface area contributed by atoms with E-state index >= 15 is 0 Å². The number of nitrogens with one attached hydrogen (secondary N) is 2. The van der Waals surface area contributed by atoms with Gasteiger partial charge in [0, 0.05) is 29.4 Å². The molecular formula is C34H47Cl2N3O3S. The topological polar surface area (TPSA) is 75.1 Å². The molecule has 12 atom stereocenters. The molecule has 0 radical (unpaired) electrons. The highest BCUT2D eigenvalue weighted by molar-refractivity contribution is 7.80. The second-order valence-electron chi connectivity index (χ2n) is 15.3.